The van der Waals surface area contributed by atoms with Gasteiger partial charge in [-0.2, -0.15) is 8.42 Å². The van der Waals surface area contributed by atoms with E-state index in [0.717, 1.165) is 26.8 Å². The van der Waals surface area contributed by atoms with Crippen molar-refractivity contribution >= 4 is 49.6 Å². The van der Waals surface area contributed by atoms with Crippen LogP contribution in [0.15, 0.2) is 179 Å². The van der Waals surface area contributed by atoms with Crippen LogP contribution in [0.4, 0.5) is 5.69 Å². The van der Waals surface area contributed by atoms with Crippen molar-refractivity contribution in [3.8, 4) is 11.5 Å². The number of benzene rings is 6. The van der Waals surface area contributed by atoms with Crippen molar-refractivity contribution in [1.29, 1.82) is 0 Å². The normalized spacial score (nSPS) is 11.8. The zero-order valence-corrected chi connectivity index (χ0v) is 28.3. The first kappa shape index (κ1) is 32.6. The molecule has 0 atom stereocenters. The zero-order valence-electron chi connectivity index (χ0n) is 26.6. The Hall–Kier alpha value is -5.36. The number of amidine groups is 1. The first-order chi connectivity index (χ1) is 23.5. The molecule has 0 bridgehead atoms. The van der Waals surface area contributed by atoms with Gasteiger partial charge >= 0.3 is 0 Å². The van der Waals surface area contributed by atoms with Crippen molar-refractivity contribution in [3.63, 3.8) is 0 Å². The Labute approximate surface area is 282 Å². The molecular weight excluding hydrogens is 635 g/mol. The molecule has 240 valence electrons. The molecule has 0 aliphatic carbocycles. The maximum Gasteiger partial charge on any atom is 0.284 e. The molecule has 48 heavy (non-hydrogen) atoms. The summed E-state index contributed by atoms with van der Waals surface area (Å²) >= 11 is 0. The van der Waals surface area contributed by atoms with Gasteiger partial charge in [0, 0.05) is 17.0 Å². The van der Waals surface area contributed by atoms with E-state index >= 15 is 0 Å². The molecule has 0 aliphatic rings. The number of nitrogens with one attached hydrogen (secondary N) is 1. The highest BCUT2D eigenvalue weighted by molar-refractivity contribution is 7.97. The van der Waals surface area contributed by atoms with Crippen LogP contribution in [0, 0.1) is 0 Å². The largest absolute Gasteiger partial charge is 0.493 e. The molecule has 6 aromatic carbocycles. The minimum Gasteiger partial charge on any atom is -0.493 e. The molecule has 0 unspecified atom stereocenters. The van der Waals surface area contributed by atoms with E-state index < -0.39 is 16.9 Å². The first-order valence-corrected chi connectivity index (χ1v) is 18.6. The molecule has 1 N–H and O–H groups in total. The minimum atomic E-state index is -4.20. The summed E-state index contributed by atoms with van der Waals surface area (Å²) in [6.45, 7) is -2.89. The van der Waals surface area contributed by atoms with Crippen molar-refractivity contribution in [2.75, 3.05) is 19.5 Å². The van der Waals surface area contributed by atoms with Crippen LogP contribution in [0.3, 0.4) is 0 Å². The third-order valence-electron chi connectivity index (χ3n) is 7.94. The van der Waals surface area contributed by atoms with Gasteiger partial charge in [-0.3, -0.25) is 0 Å². The minimum absolute atomic E-state index is 0.0899. The lowest BCUT2D eigenvalue weighted by Gasteiger charge is -2.34. The highest BCUT2D eigenvalue weighted by Gasteiger charge is 2.34. The number of rotatable bonds is 10. The first-order valence-electron chi connectivity index (χ1n) is 15.4. The summed E-state index contributed by atoms with van der Waals surface area (Å²) in [5.74, 6) is 1.23. The van der Waals surface area contributed by atoms with Crippen LogP contribution in [0.25, 0.3) is 0 Å². The SMILES string of the molecule is COc1ccc(N/C(=N\S(=O)(=O)c2ccccc2)C(c2ccccc2)=P(c2ccccc2)(c2ccccc2)c2ccccc2)cc1OC. The van der Waals surface area contributed by atoms with Crippen LogP contribution in [0.1, 0.15) is 5.56 Å². The van der Waals surface area contributed by atoms with Crippen LogP contribution in [-0.2, 0) is 10.0 Å². The fourth-order valence-corrected chi connectivity index (χ4v) is 11.4. The zero-order chi connectivity index (χ0) is 33.4. The summed E-state index contributed by atoms with van der Waals surface area (Å²) in [6, 6.07) is 54.4. The summed E-state index contributed by atoms with van der Waals surface area (Å²) in [5.41, 5.74) is 1.41. The summed E-state index contributed by atoms with van der Waals surface area (Å²) < 4.78 is 44.3. The van der Waals surface area contributed by atoms with Gasteiger partial charge in [0.25, 0.3) is 10.0 Å². The third-order valence-corrected chi connectivity index (χ3v) is 13.6. The van der Waals surface area contributed by atoms with Gasteiger partial charge in [-0.15, -0.1) is 4.40 Å². The average Bonchev–Trinajstić information content (AvgIpc) is 3.15. The fourth-order valence-electron chi connectivity index (χ4n) is 5.82. The smallest absolute Gasteiger partial charge is 0.284 e. The lowest BCUT2D eigenvalue weighted by molar-refractivity contribution is 0.355. The van der Waals surface area contributed by atoms with E-state index in [9.17, 15) is 8.42 Å². The van der Waals surface area contributed by atoms with Crippen LogP contribution < -0.4 is 30.7 Å². The van der Waals surface area contributed by atoms with Gasteiger partial charge in [0.15, 0.2) is 17.3 Å². The maximum atomic E-state index is 14.3. The Morgan fingerprint density at radius 2 is 1.00 bits per heavy atom. The van der Waals surface area contributed by atoms with E-state index in [1.54, 1.807) is 56.7 Å². The van der Waals surface area contributed by atoms with Gasteiger partial charge in [-0.25, -0.2) is 0 Å². The highest BCUT2D eigenvalue weighted by atomic mass is 32.2. The standard InChI is InChI=1S/C40H35N2O4PS/c1-45-37-29-28-32(30-38(37)46-2)41-40(42-48(43,44)36-26-16-7-17-27-36)39(31-18-8-3-9-19-31)47(33-20-10-4-11-21-33,34-22-12-5-13-23-34)35-24-14-6-15-25-35/h3-30H,1-2H3,(H,41,42). The molecule has 0 amide bonds. The monoisotopic (exact) mass is 670 g/mol. The van der Waals surface area contributed by atoms with Crippen molar-refractivity contribution < 1.29 is 17.9 Å². The van der Waals surface area contributed by atoms with E-state index in [1.165, 1.54) is 0 Å². The Balaban J connectivity index is 1.84. The van der Waals surface area contributed by atoms with E-state index in [-0.39, 0.29) is 10.7 Å². The number of hydrogen-bond donors (Lipinski definition) is 1. The van der Waals surface area contributed by atoms with Crippen molar-refractivity contribution in [1.82, 2.24) is 0 Å². The van der Waals surface area contributed by atoms with Crippen molar-refractivity contribution in [2.45, 2.75) is 4.90 Å². The molecule has 6 nitrogen and oxygen atoms in total. The number of sulfonamides is 1. The van der Waals surface area contributed by atoms with Gasteiger partial charge < -0.3 is 14.8 Å². The average molecular weight is 671 g/mol. The van der Waals surface area contributed by atoms with Crippen LogP contribution in [0.2, 0.25) is 0 Å². The Kier molecular flexibility index (Phi) is 9.91. The molecular formula is C40H35N2O4PS. The van der Waals surface area contributed by atoms with Gasteiger partial charge in [-0.05, 0) is 52.6 Å². The molecule has 0 heterocycles. The second-order valence-electron chi connectivity index (χ2n) is 10.8. The molecule has 8 heteroatoms. The third kappa shape index (κ3) is 6.56. The number of hydrogen-bond acceptors (Lipinski definition) is 4. The van der Waals surface area contributed by atoms with Gasteiger partial charge in [0.2, 0.25) is 0 Å². The molecule has 0 fully saturated rings. The summed E-state index contributed by atoms with van der Waals surface area (Å²) in [4.78, 5) is 0.0899. The molecule has 0 saturated carbocycles. The van der Waals surface area contributed by atoms with Crippen LogP contribution in [-0.4, -0.2) is 33.8 Å². The van der Waals surface area contributed by atoms with Gasteiger partial charge in [0.05, 0.1) is 19.1 Å². The number of anilines is 1. The lowest BCUT2D eigenvalue weighted by Crippen LogP contribution is -2.37. The predicted octanol–water partition coefficient (Wildman–Crippen LogP) is 7.12. The van der Waals surface area contributed by atoms with Crippen LogP contribution >= 0.6 is 6.89 Å². The molecule has 0 aromatic heterocycles. The predicted molar refractivity (Wildman–Crippen MR) is 200 cm³/mol. The molecule has 6 rings (SSSR count). The number of nitrogens with zero attached hydrogens (tertiary/aromatic N) is 1. The van der Waals surface area contributed by atoms with Crippen molar-refractivity contribution in [2.24, 2.45) is 4.40 Å². The second kappa shape index (κ2) is 14.6. The Morgan fingerprint density at radius 1 is 0.562 bits per heavy atom. The van der Waals surface area contributed by atoms with E-state index in [4.69, 9.17) is 9.47 Å². The highest BCUT2D eigenvalue weighted by Crippen LogP contribution is 2.48. The molecule has 0 spiro atoms. The Morgan fingerprint density at radius 3 is 1.46 bits per heavy atom. The lowest BCUT2D eigenvalue weighted by atomic mass is 10.1. The fraction of sp³-hybridized carbons (Fsp3) is 0.0500. The number of methoxy groups -OCH3 is 2. The van der Waals surface area contributed by atoms with Crippen LogP contribution in [0.5, 0.6) is 11.5 Å². The summed E-state index contributed by atoms with van der Waals surface area (Å²) in [5, 5.41) is 7.35. The second-order valence-corrected chi connectivity index (χ2v) is 15.8. The Bertz CT molecular complexity index is 2070. The summed E-state index contributed by atoms with van der Waals surface area (Å²) in [7, 11) is -1.06. The van der Waals surface area contributed by atoms with E-state index in [1.807, 2.05) is 91.0 Å². The topological polar surface area (TPSA) is 77.0 Å². The maximum absolute atomic E-state index is 14.3. The van der Waals surface area contributed by atoms with Gasteiger partial charge in [0.1, 0.15) is 0 Å². The van der Waals surface area contributed by atoms with E-state index in [2.05, 4.69) is 46.1 Å². The number of ether oxygens (including phenoxy) is 2. The molecule has 6 aromatic rings. The van der Waals surface area contributed by atoms with E-state index in [0.29, 0.717) is 17.2 Å². The summed E-state index contributed by atoms with van der Waals surface area (Å²) in [6.07, 6.45) is 0. The molecule has 0 saturated heterocycles. The van der Waals surface area contributed by atoms with Gasteiger partial charge in [-0.1, -0.05) is 140 Å². The molecule has 0 radical (unpaired) electrons. The van der Waals surface area contributed by atoms with Crippen molar-refractivity contribution in [3.05, 3.63) is 175 Å². The molecule has 0 aliphatic heterocycles. The quantitative estimate of drug-likeness (QED) is 0.0955.